The molecule has 170 valence electrons. The maximum atomic E-state index is 12.8. The number of hydrogen-bond acceptors (Lipinski definition) is 7. The number of nitro benzene ring substituents is 1. The van der Waals surface area contributed by atoms with Crippen LogP contribution in [0.3, 0.4) is 0 Å². The van der Waals surface area contributed by atoms with Crippen molar-refractivity contribution in [1.29, 1.82) is 0 Å². The van der Waals surface area contributed by atoms with E-state index in [2.05, 4.69) is 14.9 Å². The number of sulfonamides is 1. The summed E-state index contributed by atoms with van der Waals surface area (Å²) in [5, 5.41) is 21.7. The van der Waals surface area contributed by atoms with E-state index in [0.717, 1.165) is 34.3 Å². The summed E-state index contributed by atoms with van der Waals surface area (Å²) in [5.74, 6) is 0. The van der Waals surface area contributed by atoms with Crippen LogP contribution in [-0.2, 0) is 10.0 Å². The fraction of sp³-hybridized carbons (Fsp3) is 0.0435. The van der Waals surface area contributed by atoms with Gasteiger partial charge in [0.1, 0.15) is 0 Å². The number of pyridine rings is 1. The standard InChI is InChI=1S/C23H17N5O4S2/c1-15-13-22-24-25-23(27(22)19-10-6-5-9-18(15)19)33-21-12-11-17(14-20(21)28(29)30)34(31,32)26-16-7-3-2-4-8-16/h2-14,26H,1H3. The molecule has 11 heteroatoms. The van der Waals surface area contributed by atoms with Gasteiger partial charge in [0.2, 0.25) is 5.16 Å². The van der Waals surface area contributed by atoms with Crippen molar-refractivity contribution in [2.24, 2.45) is 0 Å². The van der Waals surface area contributed by atoms with E-state index < -0.39 is 14.9 Å². The van der Waals surface area contributed by atoms with Gasteiger partial charge in [-0.25, -0.2) is 8.42 Å². The first kappa shape index (κ1) is 21.9. The second-order valence-electron chi connectivity index (χ2n) is 7.48. The second-order valence-corrected chi connectivity index (χ2v) is 10.2. The van der Waals surface area contributed by atoms with Crippen molar-refractivity contribution in [2.45, 2.75) is 21.9 Å². The zero-order valence-electron chi connectivity index (χ0n) is 17.7. The van der Waals surface area contributed by atoms with Crippen molar-refractivity contribution in [3.63, 3.8) is 0 Å². The molecule has 0 fully saturated rings. The lowest BCUT2D eigenvalue weighted by atomic mass is 10.1. The number of aromatic nitrogens is 3. The molecule has 0 radical (unpaired) electrons. The minimum Gasteiger partial charge on any atom is -0.280 e. The Bertz CT molecular complexity index is 1670. The van der Waals surface area contributed by atoms with Crippen LogP contribution >= 0.6 is 11.8 Å². The Morgan fingerprint density at radius 2 is 1.71 bits per heavy atom. The molecule has 5 rings (SSSR count). The topological polar surface area (TPSA) is 120 Å². The van der Waals surface area contributed by atoms with Crippen molar-refractivity contribution >= 4 is 49.7 Å². The summed E-state index contributed by atoms with van der Waals surface area (Å²) in [4.78, 5) is 11.3. The summed E-state index contributed by atoms with van der Waals surface area (Å²) in [7, 11) is -4.01. The molecule has 0 aliphatic rings. The first-order valence-corrected chi connectivity index (χ1v) is 12.4. The minimum atomic E-state index is -4.01. The zero-order chi connectivity index (χ0) is 23.9. The first-order chi connectivity index (χ1) is 16.3. The van der Waals surface area contributed by atoms with Gasteiger partial charge in [-0.3, -0.25) is 19.2 Å². The van der Waals surface area contributed by atoms with Crippen LogP contribution in [0.15, 0.2) is 93.8 Å². The highest BCUT2D eigenvalue weighted by Crippen LogP contribution is 2.37. The van der Waals surface area contributed by atoms with Crippen LogP contribution in [0.5, 0.6) is 0 Å². The first-order valence-electron chi connectivity index (χ1n) is 10.1. The Balaban J connectivity index is 1.56. The maximum Gasteiger partial charge on any atom is 0.284 e. The molecular formula is C23H17N5O4S2. The lowest BCUT2D eigenvalue weighted by molar-refractivity contribution is -0.388. The molecule has 0 aliphatic carbocycles. The number of rotatable bonds is 6. The lowest BCUT2D eigenvalue weighted by Gasteiger charge is -2.10. The second kappa shape index (κ2) is 8.43. The summed E-state index contributed by atoms with van der Waals surface area (Å²) in [6.07, 6.45) is 0. The van der Waals surface area contributed by atoms with Gasteiger partial charge in [0.05, 0.1) is 20.2 Å². The van der Waals surface area contributed by atoms with Crippen LogP contribution in [0.1, 0.15) is 5.56 Å². The van der Waals surface area contributed by atoms with Crippen LogP contribution in [-0.4, -0.2) is 27.9 Å². The number of nitrogens with one attached hydrogen (secondary N) is 1. The van der Waals surface area contributed by atoms with E-state index in [-0.39, 0.29) is 15.5 Å². The minimum absolute atomic E-state index is 0.209. The molecule has 0 aliphatic heterocycles. The van der Waals surface area contributed by atoms with Gasteiger partial charge >= 0.3 is 0 Å². The molecule has 0 atom stereocenters. The number of fused-ring (bicyclic) bond motifs is 3. The summed E-state index contributed by atoms with van der Waals surface area (Å²) in [6.45, 7) is 1.98. The van der Waals surface area contributed by atoms with E-state index in [1.165, 1.54) is 12.1 Å². The summed E-state index contributed by atoms with van der Waals surface area (Å²) >= 11 is 1.06. The highest BCUT2D eigenvalue weighted by atomic mass is 32.2. The molecule has 2 aromatic heterocycles. The fourth-order valence-electron chi connectivity index (χ4n) is 3.65. The van der Waals surface area contributed by atoms with E-state index >= 15 is 0 Å². The van der Waals surface area contributed by atoms with Gasteiger partial charge in [-0.05, 0) is 60.6 Å². The van der Waals surface area contributed by atoms with E-state index in [0.29, 0.717) is 16.5 Å². The Kier molecular flexibility index (Phi) is 5.42. The van der Waals surface area contributed by atoms with Gasteiger partial charge in [0, 0.05) is 17.1 Å². The van der Waals surface area contributed by atoms with Gasteiger partial charge in [-0.2, -0.15) is 0 Å². The van der Waals surface area contributed by atoms with Gasteiger partial charge in [-0.15, -0.1) is 10.2 Å². The average Bonchev–Trinajstić information content (AvgIpc) is 3.22. The van der Waals surface area contributed by atoms with E-state index in [9.17, 15) is 18.5 Å². The fourth-order valence-corrected chi connectivity index (χ4v) is 5.67. The Morgan fingerprint density at radius 3 is 2.47 bits per heavy atom. The maximum absolute atomic E-state index is 12.8. The number of aryl methyl sites for hydroxylation is 1. The molecule has 2 heterocycles. The smallest absolute Gasteiger partial charge is 0.280 e. The summed E-state index contributed by atoms with van der Waals surface area (Å²) in [6, 6.07) is 21.8. The molecular weight excluding hydrogens is 474 g/mol. The van der Waals surface area contributed by atoms with Crippen LogP contribution in [0.25, 0.3) is 16.6 Å². The normalized spacial score (nSPS) is 11.7. The van der Waals surface area contributed by atoms with E-state index in [1.807, 2.05) is 41.7 Å². The highest BCUT2D eigenvalue weighted by Gasteiger charge is 2.24. The Morgan fingerprint density at radius 1 is 0.971 bits per heavy atom. The number of anilines is 1. The number of nitro groups is 1. The zero-order valence-corrected chi connectivity index (χ0v) is 19.4. The number of benzene rings is 3. The Hall–Kier alpha value is -3.96. The van der Waals surface area contributed by atoms with Crippen molar-refractivity contribution in [2.75, 3.05) is 4.72 Å². The molecule has 0 saturated heterocycles. The van der Waals surface area contributed by atoms with Crippen molar-refractivity contribution in [3.05, 3.63) is 94.5 Å². The number of para-hydroxylation sites is 2. The molecule has 34 heavy (non-hydrogen) atoms. The van der Waals surface area contributed by atoms with Crippen LogP contribution < -0.4 is 4.72 Å². The van der Waals surface area contributed by atoms with Crippen LogP contribution in [0.4, 0.5) is 11.4 Å². The Labute approximate surface area is 198 Å². The van der Waals surface area contributed by atoms with Crippen molar-refractivity contribution < 1.29 is 13.3 Å². The largest absolute Gasteiger partial charge is 0.284 e. The predicted molar refractivity (Wildman–Crippen MR) is 130 cm³/mol. The monoisotopic (exact) mass is 491 g/mol. The van der Waals surface area contributed by atoms with Crippen LogP contribution in [0, 0.1) is 17.0 Å². The van der Waals surface area contributed by atoms with Gasteiger partial charge in [0.15, 0.2) is 5.65 Å². The number of hydrogen-bond donors (Lipinski definition) is 1. The number of nitrogens with zero attached hydrogens (tertiary/aromatic N) is 4. The third kappa shape index (κ3) is 3.95. The van der Waals surface area contributed by atoms with E-state index in [1.54, 1.807) is 30.3 Å². The molecule has 9 nitrogen and oxygen atoms in total. The third-order valence-corrected chi connectivity index (χ3v) is 7.63. The lowest BCUT2D eigenvalue weighted by Crippen LogP contribution is -2.13. The van der Waals surface area contributed by atoms with Crippen molar-refractivity contribution in [3.8, 4) is 0 Å². The van der Waals surface area contributed by atoms with Crippen molar-refractivity contribution in [1.82, 2.24) is 14.6 Å². The van der Waals surface area contributed by atoms with Gasteiger partial charge in [0.25, 0.3) is 15.7 Å². The molecule has 0 bridgehead atoms. The molecule has 3 aromatic carbocycles. The molecule has 0 amide bonds. The van der Waals surface area contributed by atoms with E-state index in [4.69, 9.17) is 0 Å². The molecule has 0 unspecified atom stereocenters. The SMILES string of the molecule is Cc1cc2nnc(Sc3ccc(S(=O)(=O)Nc4ccccc4)cc3[N+](=O)[O-])n2c2ccccc12. The predicted octanol–water partition coefficient (Wildman–Crippen LogP) is 5.05. The van der Waals surface area contributed by atoms with Gasteiger partial charge in [-0.1, -0.05) is 36.4 Å². The summed E-state index contributed by atoms with van der Waals surface area (Å²) in [5.41, 5.74) is 2.56. The highest BCUT2D eigenvalue weighted by molar-refractivity contribution is 7.99. The molecule has 0 spiro atoms. The molecule has 5 aromatic rings. The molecule has 1 N–H and O–H groups in total. The summed E-state index contributed by atoms with van der Waals surface area (Å²) < 4.78 is 29.8. The third-order valence-electron chi connectivity index (χ3n) is 5.24. The van der Waals surface area contributed by atoms with Gasteiger partial charge < -0.3 is 0 Å². The average molecular weight is 492 g/mol. The van der Waals surface area contributed by atoms with Crippen LogP contribution in [0.2, 0.25) is 0 Å². The molecule has 0 saturated carbocycles. The quantitative estimate of drug-likeness (QED) is 0.261.